The number of benzene rings is 1. The van der Waals surface area contributed by atoms with Crippen LogP contribution < -0.4 is 5.73 Å². The Morgan fingerprint density at radius 2 is 2.12 bits per heavy atom. The van der Waals surface area contributed by atoms with Crippen LogP contribution in [0.3, 0.4) is 0 Å². The van der Waals surface area contributed by atoms with E-state index in [1.165, 1.54) is 0 Å². The number of hydrogen-bond acceptors (Lipinski definition) is 3. The Balaban J connectivity index is 2.40. The second kappa shape index (κ2) is 4.60. The number of aromatic nitrogens is 1. The maximum atomic E-state index is 8.86. The van der Waals surface area contributed by atoms with Gasteiger partial charge >= 0.3 is 0 Å². The maximum absolute atomic E-state index is 8.86. The molecule has 0 radical (unpaired) electrons. The van der Waals surface area contributed by atoms with E-state index in [9.17, 15) is 0 Å². The van der Waals surface area contributed by atoms with Crippen molar-refractivity contribution in [1.29, 1.82) is 0 Å². The summed E-state index contributed by atoms with van der Waals surface area (Å²) in [6.07, 6.45) is 0.588. The second-order valence-corrected chi connectivity index (χ2v) is 4.02. The van der Waals surface area contributed by atoms with Crippen molar-refractivity contribution >= 4 is 10.9 Å². The molecule has 0 bridgehead atoms. The average Bonchev–Trinajstić information content (AvgIpc) is 2.28. The minimum atomic E-state index is -0.101. The number of fused-ring (bicyclic) bond motifs is 1. The Morgan fingerprint density at radius 3 is 2.88 bits per heavy atom. The molecule has 0 saturated heterocycles. The van der Waals surface area contributed by atoms with Gasteiger partial charge in [-0.15, -0.1) is 0 Å². The molecular weight excluding hydrogens is 200 g/mol. The van der Waals surface area contributed by atoms with E-state index in [1.54, 1.807) is 0 Å². The fourth-order valence-corrected chi connectivity index (χ4v) is 1.78. The van der Waals surface area contributed by atoms with Crippen LogP contribution in [-0.2, 0) is 0 Å². The van der Waals surface area contributed by atoms with Crippen LogP contribution in [0.4, 0.5) is 0 Å². The van der Waals surface area contributed by atoms with E-state index in [-0.39, 0.29) is 12.6 Å². The van der Waals surface area contributed by atoms with Gasteiger partial charge in [-0.1, -0.05) is 12.1 Å². The molecule has 84 valence electrons. The number of aliphatic hydroxyl groups is 1. The first-order valence-electron chi connectivity index (χ1n) is 5.44. The lowest BCUT2D eigenvalue weighted by molar-refractivity contribution is 0.276. The summed E-state index contributed by atoms with van der Waals surface area (Å²) in [4.78, 5) is 4.43. The van der Waals surface area contributed by atoms with E-state index >= 15 is 0 Å². The van der Waals surface area contributed by atoms with Gasteiger partial charge in [-0.05, 0) is 37.1 Å². The van der Waals surface area contributed by atoms with Crippen molar-refractivity contribution in [1.82, 2.24) is 4.98 Å². The van der Waals surface area contributed by atoms with Gasteiger partial charge in [0.05, 0.1) is 5.52 Å². The first-order valence-corrected chi connectivity index (χ1v) is 5.44. The summed E-state index contributed by atoms with van der Waals surface area (Å²) in [5, 5.41) is 9.95. The standard InChI is InChI=1S/C13H16N2O/c1-9-2-3-11-8-10(12(14)6-7-16)4-5-13(11)15-9/h2-5,8,12,16H,6-7,14H2,1H3. The zero-order valence-corrected chi connectivity index (χ0v) is 9.35. The molecule has 1 unspecified atom stereocenters. The molecule has 0 spiro atoms. The quantitative estimate of drug-likeness (QED) is 0.824. The van der Waals surface area contributed by atoms with E-state index in [2.05, 4.69) is 4.98 Å². The second-order valence-electron chi connectivity index (χ2n) is 4.02. The Labute approximate surface area is 94.9 Å². The van der Waals surface area contributed by atoms with Gasteiger partial charge in [-0.2, -0.15) is 0 Å². The van der Waals surface area contributed by atoms with Gasteiger partial charge in [0.2, 0.25) is 0 Å². The van der Waals surface area contributed by atoms with Crippen molar-refractivity contribution in [3.05, 3.63) is 41.6 Å². The highest BCUT2D eigenvalue weighted by Crippen LogP contribution is 2.20. The summed E-state index contributed by atoms with van der Waals surface area (Å²) >= 11 is 0. The number of nitrogens with two attached hydrogens (primary N) is 1. The Kier molecular flexibility index (Phi) is 3.17. The molecule has 3 N–H and O–H groups in total. The number of aliphatic hydroxyl groups excluding tert-OH is 1. The van der Waals surface area contributed by atoms with Crippen LogP contribution in [0.5, 0.6) is 0 Å². The van der Waals surface area contributed by atoms with Gasteiger partial charge in [0.15, 0.2) is 0 Å². The van der Waals surface area contributed by atoms with Crippen LogP contribution in [0.25, 0.3) is 10.9 Å². The molecule has 1 aromatic heterocycles. The predicted octanol–water partition coefficient (Wildman–Crippen LogP) is 1.93. The van der Waals surface area contributed by atoms with Crippen LogP contribution in [-0.4, -0.2) is 16.7 Å². The molecule has 0 saturated carbocycles. The lowest BCUT2D eigenvalue weighted by Crippen LogP contribution is -2.11. The lowest BCUT2D eigenvalue weighted by atomic mass is 10.0. The zero-order valence-electron chi connectivity index (χ0n) is 9.35. The highest BCUT2D eigenvalue weighted by atomic mass is 16.3. The lowest BCUT2D eigenvalue weighted by Gasteiger charge is -2.11. The van der Waals surface area contributed by atoms with E-state index in [4.69, 9.17) is 10.8 Å². The van der Waals surface area contributed by atoms with Crippen molar-refractivity contribution in [2.24, 2.45) is 5.73 Å². The molecule has 3 nitrogen and oxygen atoms in total. The highest BCUT2D eigenvalue weighted by molar-refractivity contribution is 5.79. The molecule has 1 heterocycles. The normalized spacial score (nSPS) is 12.9. The van der Waals surface area contributed by atoms with E-state index in [1.807, 2.05) is 37.3 Å². The Morgan fingerprint density at radius 1 is 1.31 bits per heavy atom. The molecule has 0 amide bonds. The number of nitrogens with zero attached hydrogens (tertiary/aromatic N) is 1. The molecule has 0 aliphatic rings. The molecule has 2 rings (SSSR count). The smallest absolute Gasteiger partial charge is 0.0705 e. The van der Waals surface area contributed by atoms with Crippen LogP contribution in [0.2, 0.25) is 0 Å². The van der Waals surface area contributed by atoms with Crippen LogP contribution in [0, 0.1) is 6.92 Å². The largest absolute Gasteiger partial charge is 0.396 e. The van der Waals surface area contributed by atoms with Crippen molar-refractivity contribution < 1.29 is 5.11 Å². The third-order valence-corrected chi connectivity index (χ3v) is 2.72. The summed E-state index contributed by atoms with van der Waals surface area (Å²) in [7, 11) is 0. The van der Waals surface area contributed by atoms with Crippen LogP contribution in [0.1, 0.15) is 23.7 Å². The van der Waals surface area contributed by atoms with Crippen molar-refractivity contribution in [2.75, 3.05) is 6.61 Å². The van der Waals surface area contributed by atoms with Gasteiger partial charge in [-0.25, -0.2) is 0 Å². The van der Waals surface area contributed by atoms with Gasteiger partial charge in [0.1, 0.15) is 0 Å². The predicted molar refractivity (Wildman–Crippen MR) is 65.1 cm³/mol. The number of aryl methyl sites for hydroxylation is 1. The molecule has 0 aliphatic heterocycles. The fourth-order valence-electron chi connectivity index (χ4n) is 1.78. The average molecular weight is 216 g/mol. The molecule has 0 aliphatic carbocycles. The summed E-state index contributed by atoms with van der Waals surface area (Å²) in [6, 6.07) is 9.94. The third kappa shape index (κ3) is 2.21. The van der Waals surface area contributed by atoms with Crippen molar-refractivity contribution in [2.45, 2.75) is 19.4 Å². The molecule has 2 aromatic rings. The SMILES string of the molecule is Cc1ccc2cc(C(N)CCO)ccc2n1. The molecule has 3 heteroatoms. The minimum Gasteiger partial charge on any atom is -0.396 e. The van der Waals surface area contributed by atoms with Gasteiger partial charge in [0.25, 0.3) is 0 Å². The monoisotopic (exact) mass is 216 g/mol. The van der Waals surface area contributed by atoms with Crippen LogP contribution >= 0.6 is 0 Å². The van der Waals surface area contributed by atoms with Crippen molar-refractivity contribution in [3.63, 3.8) is 0 Å². The first-order chi connectivity index (χ1) is 7.70. The summed E-state index contributed by atoms with van der Waals surface area (Å²) < 4.78 is 0. The van der Waals surface area contributed by atoms with Gasteiger partial charge < -0.3 is 10.8 Å². The molecule has 1 aromatic carbocycles. The fraction of sp³-hybridized carbons (Fsp3) is 0.308. The molecule has 16 heavy (non-hydrogen) atoms. The Hall–Kier alpha value is -1.45. The number of pyridine rings is 1. The maximum Gasteiger partial charge on any atom is 0.0705 e. The van der Waals surface area contributed by atoms with E-state index in [0.717, 1.165) is 22.2 Å². The van der Waals surface area contributed by atoms with E-state index < -0.39 is 0 Å². The Bertz CT molecular complexity index is 496. The first kappa shape index (κ1) is 11.0. The topological polar surface area (TPSA) is 59.1 Å². The summed E-state index contributed by atoms with van der Waals surface area (Å²) in [5.41, 5.74) is 8.99. The third-order valence-electron chi connectivity index (χ3n) is 2.72. The van der Waals surface area contributed by atoms with E-state index in [0.29, 0.717) is 6.42 Å². The molecule has 1 atom stereocenters. The minimum absolute atomic E-state index is 0.101. The number of rotatable bonds is 3. The van der Waals surface area contributed by atoms with Gasteiger partial charge in [-0.3, -0.25) is 4.98 Å². The molecule has 0 fully saturated rings. The highest BCUT2D eigenvalue weighted by Gasteiger charge is 2.06. The summed E-state index contributed by atoms with van der Waals surface area (Å²) in [5.74, 6) is 0. The summed E-state index contributed by atoms with van der Waals surface area (Å²) in [6.45, 7) is 2.09. The van der Waals surface area contributed by atoms with Gasteiger partial charge in [0, 0.05) is 23.7 Å². The van der Waals surface area contributed by atoms with Crippen molar-refractivity contribution in [3.8, 4) is 0 Å². The van der Waals surface area contributed by atoms with Crippen LogP contribution in [0.15, 0.2) is 30.3 Å². The number of hydrogen-bond donors (Lipinski definition) is 2. The molecular formula is C13H16N2O. The zero-order chi connectivity index (χ0) is 11.5.